The Kier molecular flexibility index (Phi) is 5.87. The minimum Gasteiger partial charge on any atom is -0.205 e. The predicted octanol–water partition coefficient (Wildman–Crippen LogP) is 5.75. The first-order valence-electron chi connectivity index (χ1n) is 6.56. The third-order valence-corrected chi connectivity index (χ3v) is 3.54. The van der Waals surface area contributed by atoms with Crippen LogP contribution in [0.1, 0.15) is 50.7 Å². The minimum absolute atomic E-state index is 0.162. The lowest BCUT2D eigenvalue weighted by atomic mass is 9.96. The van der Waals surface area contributed by atoms with Crippen molar-refractivity contribution < 1.29 is 4.39 Å². The Morgan fingerprint density at radius 3 is 2.56 bits per heavy atom. The second-order valence-corrected chi connectivity index (χ2v) is 5.65. The van der Waals surface area contributed by atoms with E-state index in [1.807, 2.05) is 26.0 Å². The Hall–Kier alpha value is -0.820. The van der Waals surface area contributed by atoms with Crippen molar-refractivity contribution in [3.63, 3.8) is 0 Å². The maximum atomic E-state index is 13.8. The molecule has 0 saturated heterocycles. The zero-order valence-corrected chi connectivity index (χ0v) is 12.2. The molecule has 0 aromatic heterocycles. The fraction of sp³-hybridized carbons (Fsp3) is 0.500. The van der Waals surface area contributed by atoms with E-state index >= 15 is 0 Å². The molecule has 0 saturated carbocycles. The van der Waals surface area contributed by atoms with Gasteiger partial charge in [0.15, 0.2) is 0 Å². The molecule has 0 N–H and O–H groups in total. The van der Waals surface area contributed by atoms with Gasteiger partial charge in [0.1, 0.15) is 5.82 Å². The van der Waals surface area contributed by atoms with E-state index in [4.69, 9.17) is 11.6 Å². The fourth-order valence-corrected chi connectivity index (χ4v) is 2.23. The van der Waals surface area contributed by atoms with Crippen LogP contribution in [-0.4, -0.2) is 0 Å². The molecule has 1 aromatic rings. The Morgan fingerprint density at radius 1 is 1.33 bits per heavy atom. The van der Waals surface area contributed by atoms with Gasteiger partial charge in [0, 0.05) is 0 Å². The van der Waals surface area contributed by atoms with Gasteiger partial charge in [-0.1, -0.05) is 44.5 Å². The van der Waals surface area contributed by atoms with Crippen LogP contribution in [-0.2, 0) is 6.42 Å². The molecule has 0 aliphatic carbocycles. The Bertz CT molecular complexity index is 410. The van der Waals surface area contributed by atoms with E-state index in [2.05, 4.69) is 13.5 Å². The van der Waals surface area contributed by atoms with Crippen LogP contribution in [0.15, 0.2) is 24.8 Å². The van der Waals surface area contributed by atoms with E-state index in [9.17, 15) is 4.39 Å². The van der Waals surface area contributed by atoms with Crippen molar-refractivity contribution >= 4 is 11.6 Å². The van der Waals surface area contributed by atoms with Gasteiger partial charge in [0.2, 0.25) is 0 Å². The van der Waals surface area contributed by atoms with E-state index in [1.54, 1.807) is 6.07 Å². The molecule has 18 heavy (non-hydrogen) atoms. The van der Waals surface area contributed by atoms with Crippen LogP contribution in [0.3, 0.4) is 0 Å². The van der Waals surface area contributed by atoms with Gasteiger partial charge in [0.05, 0.1) is 5.02 Å². The summed E-state index contributed by atoms with van der Waals surface area (Å²) in [6.07, 6.45) is 5.09. The van der Waals surface area contributed by atoms with Crippen LogP contribution in [0.4, 0.5) is 4.39 Å². The van der Waals surface area contributed by atoms with Crippen molar-refractivity contribution in [2.45, 2.75) is 46.0 Å². The minimum atomic E-state index is -0.269. The maximum Gasteiger partial charge on any atom is 0.145 e. The van der Waals surface area contributed by atoms with E-state index in [-0.39, 0.29) is 16.8 Å². The van der Waals surface area contributed by atoms with Crippen LogP contribution < -0.4 is 0 Å². The molecule has 0 unspecified atom stereocenters. The standard InChI is InChI=1S/C16H22ClF/c1-5-12(4)7-6-8-13-9-14(11(2)3)16(18)15(17)10-13/h5,9-12H,1,6-8H2,2-4H3/t12-/m0/s1. The number of benzene rings is 1. The summed E-state index contributed by atoms with van der Waals surface area (Å²) in [5.74, 6) is 0.426. The van der Waals surface area contributed by atoms with Crippen LogP contribution in [0.5, 0.6) is 0 Å². The molecular formula is C16H22ClF. The molecule has 0 nitrogen and oxygen atoms in total. The molecule has 0 heterocycles. The molecule has 0 fully saturated rings. The number of rotatable bonds is 6. The third kappa shape index (κ3) is 4.13. The molecule has 0 amide bonds. The van der Waals surface area contributed by atoms with Crippen molar-refractivity contribution in [2.24, 2.45) is 5.92 Å². The third-order valence-electron chi connectivity index (χ3n) is 3.27. The number of aryl methyl sites for hydroxylation is 1. The van der Waals surface area contributed by atoms with Gasteiger partial charge in [-0.2, -0.15) is 0 Å². The van der Waals surface area contributed by atoms with Gasteiger partial charge in [-0.05, 0) is 48.3 Å². The van der Waals surface area contributed by atoms with Gasteiger partial charge in [-0.3, -0.25) is 0 Å². The Labute approximate surface area is 115 Å². The van der Waals surface area contributed by atoms with Gasteiger partial charge < -0.3 is 0 Å². The first-order chi connectivity index (χ1) is 8.45. The van der Waals surface area contributed by atoms with Gasteiger partial charge in [-0.15, -0.1) is 6.58 Å². The molecule has 1 aromatic carbocycles. The highest BCUT2D eigenvalue weighted by Crippen LogP contribution is 2.27. The lowest BCUT2D eigenvalue weighted by Crippen LogP contribution is -1.98. The van der Waals surface area contributed by atoms with Crippen molar-refractivity contribution in [2.75, 3.05) is 0 Å². The molecule has 0 radical (unpaired) electrons. The number of hydrogen-bond donors (Lipinski definition) is 0. The predicted molar refractivity (Wildman–Crippen MR) is 77.8 cm³/mol. The van der Waals surface area contributed by atoms with Gasteiger partial charge >= 0.3 is 0 Å². The first kappa shape index (κ1) is 15.2. The van der Waals surface area contributed by atoms with Crippen LogP contribution in [0.2, 0.25) is 5.02 Å². The number of allylic oxidation sites excluding steroid dienone is 1. The SMILES string of the molecule is C=C[C@H](C)CCCc1cc(Cl)c(F)c(C(C)C)c1. The molecule has 0 aliphatic rings. The molecule has 1 atom stereocenters. The second-order valence-electron chi connectivity index (χ2n) is 5.24. The average Bonchev–Trinajstić information content (AvgIpc) is 2.32. The molecule has 100 valence electrons. The zero-order chi connectivity index (χ0) is 13.7. The lowest BCUT2D eigenvalue weighted by molar-refractivity contribution is 0.591. The Balaban J connectivity index is 2.75. The monoisotopic (exact) mass is 268 g/mol. The topological polar surface area (TPSA) is 0 Å². The molecule has 2 heteroatoms. The summed E-state index contributed by atoms with van der Waals surface area (Å²) >= 11 is 5.94. The van der Waals surface area contributed by atoms with E-state index in [0.29, 0.717) is 11.5 Å². The first-order valence-corrected chi connectivity index (χ1v) is 6.93. The highest BCUT2D eigenvalue weighted by molar-refractivity contribution is 6.30. The lowest BCUT2D eigenvalue weighted by Gasteiger charge is -2.12. The average molecular weight is 269 g/mol. The molecule has 0 bridgehead atoms. The van der Waals surface area contributed by atoms with Gasteiger partial charge in [-0.25, -0.2) is 4.39 Å². The number of halogens is 2. The summed E-state index contributed by atoms with van der Waals surface area (Å²) < 4.78 is 13.8. The maximum absolute atomic E-state index is 13.8. The normalized spacial score (nSPS) is 12.8. The van der Waals surface area contributed by atoms with E-state index in [1.165, 1.54) is 0 Å². The molecule has 0 spiro atoms. The van der Waals surface area contributed by atoms with Crippen molar-refractivity contribution in [1.82, 2.24) is 0 Å². The summed E-state index contributed by atoms with van der Waals surface area (Å²) in [5, 5.41) is 0.243. The smallest absolute Gasteiger partial charge is 0.145 e. The fourth-order valence-electron chi connectivity index (χ4n) is 1.98. The summed E-state index contributed by atoms with van der Waals surface area (Å²) in [5.41, 5.74) is 1.84. The van der Waals surface area contributed by atoms with Gasteiger partial charge in [0.25, 0.3) is 0 Å². The second kappa shape index (κ2) is 6.94. The van der Waals surface area contributed by atoms with Crippen molar-refractivity contribution in [1.29, 1.82) is 0 Å². The zero-order valence-electron chi connectivity index (χ0n) is 11.5. The highest BCUT2D eigenvalue weighted by atomic mass is 35.5. The highest BCUT2D eigenvalue weighted by Gasteiger charge is 2.12. The number of hydrogen-bond acceptors (Lipinski definition) is 0. The van der Waals surface area contributed by atoms with E-state index in [0.717, 1.165) is 24.8 Å². The largest absolute Gasteiger partial charge is 0.205 e. The quantitative estimate of drug-likeness (QED) is 0.577. The van der Waals surface area contributed by atoms with Crippen LogP contribution >= 0.6 is 11.6 Å². The van der Waals surface area contributed by atoms with E-state index < -0.39 is 0 Å². The molecule has 0 aliphatic heterocycles. The van der Waals surface area contributed by atoms with Crippen LogP contribution in [0.25, 0.3) is 0 Å². The Morgan fingerprint density at radius 2 is 2.00 bits per heavy atom. The van der Waals surface area contributed by atoms with Crippen molar-refractivity contribution in [3.05, 3.63) is 46.8 Å². The molecule has 1 rings (SSSR count). The summed E-state index contributed by atoms with van der Waals surface area (Å²) in [6, 6.07) is 3.70. The van der Waals surface area contributed by atoms with Crippen LogP contribution in [0, 0.1) is 11.7 Å². The van der Waals surface area contributed by atoms with Crippen molar-refractivity contribution in [3.8, 4) is 0 Å². The summed E-state index contributed by atoms with van der Waals surface area (Å²) in [7, 11) is 0. The summed E-state index contributed by atoms with van der Waals surface area (Å²) in [6.45, 7) is 9.90. The molecular weight excluding hydrogens is 247 g/mol. The summed E-state index contributed by atoms with van der Waals surface area (Å²) in [4.78, 5) is 0.